The second-order valence-electron chi connectivity index (χ2n) is 4.27. The molecule has 0 spiro atoms. The van der Waals surface area contributed by atoms with Gasteiger partial charge in [0.05, 0.1) is 19.2 Å². The zero-order chi connectivity index (χ0) is 13.0. The number of nitrogens with one attached hydrogen (secondary N) is 1. The largest absolute Gasteiger partial charge is 0.378 e. The van der Waals surface area contributed by atoms with Gasteiger partial charge in [0.1, 0.15) is 0 Å². The van der Waals surface area contributed by atoms with Gasteiger partial charge in [-0.3, -0.25) is 4.79 Å². The van der Waals surface area contributed by atoms with Gasteiger partial charge in [-0.1, -0.05) is 0 Å². The fourth-order valence-corrected chi connectivity index (χ4v) is 4.77. The van der Waals surface area contributed by atoms with Crippen LogP contribution < -0.4 is 5.32 Å². The molecule has 1 fully saturated rings. The zero-order valence-corrected chi connectivity index (χ0v) is 13.9. The standard InChI is InChI=1S/C12H15Br2NO2S/c13-10-7-9(11(14)18-10)12(16)15-5-4-8-3-1-2-6-17-8/h7-8H,1-6H2,(H,15,16). The zero-order valence-electron chi connectivity index (χ0n) is 9.88. The van der Waals surface area contributed by atoms with E-state index < -0.39 is 0 Å². The molecule has 0 bridgehead atoms. The molecule has 0 saturated carbocycles. The van der Waals surface area contributed by atoms with Gasteiger partial charge in [-0.05, 0) is 63.6 Å². The Kier molecular flexibility index (Phi) is 5.66. The molecule has 2 rings (SSSR count). The molecule has 6 heteroatoms. The highest BCUT2D eigenvalue weighted by molar-refractivity contribution is 9.12. The van der Waals surface area contributed by atoms with Crippen LogP contribution >= 0.6 is 43.2 Å². The maximum atomic E-state index is 11.9. The summed E-state index contributed by atoms with van der Waals surface area (Å²) in [6, 6.07) is 1.83. The van der Waals surface area contributed by atoms with Crippen molar-refractivity contribution in [1.29, 1.82) is 0 Å². The van der Waals surface area contributed by atoms with E-state index in [0.717, 1.165) is 27.0 Å². The Balaban J connectivity index is 1.76. The first-order valence-corrected chi connectivity index (χ1v) is 8.41. The van der Waals surface area contributed by atoms with Gasteiger partial charge in [0.25, 0.3) is 5.91 Å². The molecule has 1 saturated heterocycles. The predicted octanol–water partition coefficient (Wildman–Crippen LogP) is 3.96. The van der Waals surface area contributed by atoms with Crippen LogP contribution in [0, 0.1) is 0 Å². The maximum Gasteiger partial charge on any atom is 0.253 e. The average molecular weight is 397 g/mol. The molecule has 1 aliphatic heterocycles. The van der Waals surface area contributed by atoms with Gasteiger partial charge in [-0.2, -0.15) is 0 Å². The quantitative estimate of drug-likeness (QED) is 0.836. The van der Waals surface area contributed by atoms with Crippen molar-refractivity contribution in [3.8, 4) is 0 Å². The molecule has 2 heterocycles. The van der Waals surface area contributed by atoms with Crippen LogP contribution in [0.2, 0.25) is 0 Å². The molecule has 18 heavy (non-hydrogen) atoms. The van der Waals surface area contributed by atoms with Gasteiger partial charge < -0.3 is 10.1 Å². The van der Waals surface area contributed by atoms with E-state index in [9.17, 15) is 4.79 Å². The molecule has 100 valence electrons. The van der Waals surface area contributed by atoms with Gasteiger partial charge in [0.2, 0.25) is 0 Å². The van der Waals surface area contributed by atoms with Crippen LogP contribution in [-0.4, -0.2) is 25.2 Å². The minimum absolute atomic E-state index is 0.0281. The highest BCUT2D eigenvalue weighted by Gasteiger charge is 2.16. The number of amides is 1. The summed E-state index contributed by atoms with van der Waals surface area (Å²) in [4.78, 5) is 11.9. The molecule has 1 atom stereocenters. The SMILES string of the molecule is O=C(NCCC1CCCCO1)c1cc(Br)sc1Br. The molecule has 1 aromatic heterocycles. The third-order valence-electron chi connectivity index (χ3n) is 2.93. The first kappa shape index (κ1) is 14.5. The van der Waals surface area contributed by atoms with E-state index in [0.29, 0.717) is 18.2 Å². The molecule has 0 aliphatic carbocycles. The van der Waals surface area contributed by atoms with Crippen molar-refractivity contribution < 1.29 is 9.53 Å². The molecule has 1 unspecified atom stereocenters. The van der Waals surface area contributed by atoms with Crippen molar-refractivity contribution in [2.24, 2.45) is 0 Å². The monoisotopic (exact) mass is 395 g/mol. The Bertz CT molecular complexity index is 416. The maximum absolute atomic E-state index is 11.9. The van der Waals surface area contributed by atoms with E-state index in [1.54, 1.807) is 0 Å². The molecular formula is C12H15Br2NO2S. The summed E-state index contributed by atoms with van der Waals surface area (Å²) in [5, 5.41) is 2.94. The fraction of sp³-hybridized carbons (Fsp3) is 0.583. The van der Waals surface area contributed by atoms with Gasteiger partial charge in [-0.15, -0.1) is 11.3 Å². The van der Waals surface area contributed by atoms with Crippen molar-refractivity contribution >= 4 is 49.1 Å². The van der Waals surface area contributed by atoms with Crippen LogP contribution in [0.5, 0.6) is 0 Å². The highest BCUT2D eigenvalue weighted by Crippen LogP contribution is 2.31. The molecule has 3 nitrogen and oxygen atoms in total. The van der Waals surface area contributed by atoms with Crippen molar-refractivity contribution in [3.05, 3.63) is 19.2 Å². The summed E-state index contributed by atoms with van der Waals surface area (Å²) < 4.78 is 7.44. The van der Waals surface area contributed by atoms with E-state index in [2.05, 4.69) is 37.2 Å². The Morgan fingerprint density at radius 1 is 1.50 bits per heavy atom. The van der Waals surface area contributed by atoms with Gasteiger partial charge in [0.15, 0.2) is 0 Å². The fourth-order valence-electron chi connectivity index (χ4n) is 1.97. The number of thiophene rings is 1. The van der Waals surface area contributed by atoms with Crippen molar-refractivity contribution in [2.45, 2.75) is 31.8 Å². The summed E-state index contributed by atoms with van der Waals surface area (Å²) in [5.41, 5.74) is 0.691. The van der Waals surface area contributed by atoms with Crippen LogP contribution in [0.25, 0.3) is 0 Å². The van der Waals surface area contributed by atoms with Crippen LogP contribution in [0.4, 0.5) is 0 Å². The topological polar surface area (TPSA) is 38.3 Å². The van der Waals surface area contributed by atoms with Crippen molar-refractivity contribution in [3.63, 3.8) is 0 Å². The Morgan fingerprint density at radius 2 is 2.33 bits per heavy atom. The summed E-state index contributed by atoms with van der Waals surface area (Å²) in [5.74, 6) is -0.0281. The van der Waals surface area contributed by atoms with Crippen LogP contribution in [0.1, 0.15) is 36.0 Å². The lowest BCUT2D eigenvalue weighted by molar-refractivity contribution is 0.0117. The Morgan fingerprint density at radius 3 is 2.94 bits per heavy atom. The minimum atomic E-state index is -0.0281. The smallest absolute Gasteiger partial charge is 0.253 e. The molecule has 1 aromatic rings. The Labute approximate surface area is 128 Å². The average Bonchev–Trinajstić information content (AvgIpc) is 2.70. The van der Waals surface area contributed by atoms with E-state index in [1.807, 2.05) is 6.07 Å². The van der Waals surface area contributed by atoms with Crippen LogP contribution in [0.3, 0.4) is 0 Å². The number of carbonyl (C=O) groups excluding carboxylic acids is 1. The molecule has 1 amide bonds. The van der Waals surface area contributed by atoms with E-state index >= 15 is 0 Å². The molecular weight excluding hydrogens is 382 g/mol. The van der Waals surface area contributed by atoms with E-state index in [1.165, 1.54) is 24.2 Å². The van der Waals surface area contributed by atoms with E-state index in [4.69, 9.17) is 4.74 Å². The lowest BCUT2D eigenvalue weighted by atomic mass is 10.1. The second-order valence-corrected chi connectivity index (χ2v) is 8.02. The first-order chi connectivity index (χ1) is 8.66. The van der Waals surface area contributed by atoms with Crippen molar-refractivity contribution in [1.82, 2.24) is 5.32 Å². The van der Waals surface area contributed by atoms with Crippen LogP contribution in [-0.2, 0) is 4.74 Å². The number of carbonyl (C=O) groups is 1. The summed E-state index contributed by atoms with van der Waals surface area (Å²) in [6.45, 7) is 1.53. The van der Waals surface area contributed by atoms with Crippen molar-refractivity contribution in [2.75, 3.05) is 13.2 Å². The number of hydrogen-bond acceptors (Lipinski definition) is 3. The van der Waals surface area contributed by atoms with Gasteiger partial charge >= 0.3 is 0 Å². The number of halogens is 2. The van der Waals surface area contributed by atoms with Crippen LogP contribution in [0.15, 0.2) is 13.6 Å². The summed E-state index contributed by atoms with van der Waals surface area (Å²) in [6.07, 6.45) is 4.73. The number of rotatable bonds is 4. The molecule has 0 radical (unpaired) electrons. The normalized spacial score (nSPS) is 19.8. The predicted molar refractivity (Wildman–Crippen MR) is 80.3 cm³/mol. The number of ether oxygens (including phenoxy) is 1. The third-order valence-corrected chi connectivity index (χ3v) is 5.27. The lowest BCUT2D eigenvalue weighted by Gasteiger charge is -2.22. The van der Waals surface area contributed by atoms with Gasteiger partial charge in [0, 0.05) is 13.2 Å². The minimum Gasteiger partial charge on any atom is -0.378 e. The first-order valence-electron chi connectivity index (χ1n) is 6.01. The molecule has 0 aromatic carbocycles. The van der Waals surface area contributed by atoms with Gasteiger partial charge in [-0.25, -0.2) is 0 Å². The van der Waals surface area contributed by atoms with E-state index in [-0.39, 0.29) is 5.91 Å². The second kappa shape index (κ2) is 7.03. The highest BCUT2D eigenvalue weighted by atomic mass is 79.9. The molecule has 1 aliphatic rings. The lowest BCUT2D eigenvalue weighted by Crippen LogP contribution is -2.29. The summed E-state index contributed by atoms with van der Waals surface area (Å²) >= 11 is 8.27. The third kappa shape index (κ3) is 4.05. The Hall–Kier alpha value is 0.0900. The number of hydrogen-bond donors (Lipinski definition) is 1. The summed E-state index contributed by atoms with van der Waals surface area (Å²) in [7, 11) is 0. The molecule has 1 N–H and O–H groups in total.